The number of rotatable bonds is 71. The number of unbranched alkanes of at least 4 members (excludes halogenated alkanes) is 42. The number of phosphoric ester groups is 1. The van der Waals surface area contributed by atoms with Crippen LogP contribution < -0.4 is 5.73 Å². The minimum absolute atomic E-state index is 0.0494. The molecule has 0 amide bonds. The van der Waals surface area contributed by atoms with Gasteiger partial charge in [-0.3, -0.25) is 18.6 Å². The van der Waals surface area contributed by atoms with Gasteiger partial charge < -0.3 is 20.1 Å². The Morgan fingerprint density at radius 3 is 0.921 bits per heavy atom. The van der Waals surface area contributed by atoms with E-state index in [1.165, 1.54) is 238 Å². The van der Waals surface area contributed by atoms with Crippen molar-refractivity contribution in [1.82, 2.24) is 0 Å². The second kappa shape index (κ2) is 74.0. The highest BCUT2D eigenvalue weighted by molar-refractivity contribution is 7.47. The number of hydrogen-bond acceptors (Lipinski definition) is 8. The molecule has 0 aromatic heterocycles. The number of nitrogens with two attached hydrogens (primary N) is 1. The molecule has 0 saturated heterocycles. The van der Waals surface area contributed by atoms with Crippen LogP contribution in [-0.4, -0.2) is 49.3 Å². The molecule has 0 fully saturated rings. The van der Waals surface area contributed by atoms with Crippen LogP contribution in [0.2, 0.25) is 0 Å². The summed E-state index contributed by atoms with van der Waals surface area (Å²) in [5.41, 5.74) is 5.41. The smallest absolute Gasteiger partial charge is 0.462 e. The lowest BCUT2D eigenvalue weighted by Crippen LogP contribution is -2.29. The molecule has 2 atom stereocenters. The maximum absolute atomic E-state index is 12.8. The SMILES string of the molecule is CC/C=C\C/C=C\C/C=C\C/C=C\C/C=C\C/C=C\CCCCCCCCCCC(=O)OC(COC(=O)CCCCCCCCCCCCCCCCCCCCCCCCCCCCCCC/C=C\C/C=C\CCCCCCC)COP(=O)(O)OCCN. The van der Waals surface area contributed by atoms with Crippen molar-refractivity contribution in [2.45, 2.75) is 367 Å². The van der Waals surface area contributed by atoms with Gasteiger partial charge in [0.25, 0.3) is 0 Å². The normalized spacial score (nSPS) is 13.4. The van der Waals surface area contributed by atoms with Gasteiger partial charge in [-0.2, -0.15) is 0 Å². The van der Waals surface area contributed by atoms with Crippen molar-refractivity contribution in [2.24, 2.45) is 5.73 Å². The quantitative estimate of drug-likeness (QED) is 0.0264. The fourth-order valence-electron chi connectivity index (χ4n) is 10.9. The fraction of sp³-hybridized carbons (Fsp3) is 0.772. The Hall–Kier alpha value is -3.07. The first-order valence-electron chi connectivity index (χ1n) is 37.7. The lowest BCUT2D eigenvalue weighted by atomic mass is 10.0. The third kappa shape index (κ3) is 73.9. The van der Waals surface area contributed by atoms with Crippen LogP contribution in [-0.2, 0) is 32.7 Å². The molecule has 0 aromatic carbocycles. The van der Waals surface area contributed by atoms with E-state index in [4.69, 9.17) is 24.3 Å². The van der Waals surface area contributed by atoms with Crippen LogP contribution in [0.15, 0.2) is 97.2 Å². The van der Waals surface area contributed by atoms with Crippen LogP contribution in [0.5, 0.6) is 0 Å². The first-order valence-corrected chi connectivity index (χ1v) is 39.2. The zero-order valence-corrected chi connectivity index (χ0v) is 59.1. The lowest BCUT2D eigenvalue weighted by Gasteiger charge is -2.19. The molecule has 0 heterocycles. The van der Waals surface area contributed by atoms with Crippen LogP contribution in [0.4, 0.5) is 0 Å². The molecule has 0 rings (SSSR count). The van der Waals surface area contributed by atoms with Gasteiger partial charge in [0.05, 0.1) is 13.2 Å². The molecule has 9 nitrogen and oxygen atoms in total. The standard InChI is InChI=1S/C79H142NO8P/c1-3-5-7-9-11-13-15-17-19-21-23-25-27-29-31-32-33-34-35-36-37-38-39-40-41-42-43-44-46-47-49-51-53-55-57-59-61-63-65-67-69-71-78(81)85-75-77(76-87-89(83,84)86-74-73-80)88-79(82)72-70-68-66-64-62-60-58-56-54-52-50-48-45-30-28-26-24-22-20-18-16-14-12-10-8-6-4-2/h6,8,12,14-15,17-18,20-21,23-24,26,30,45,50,52,77H,3-5,7,9-11,13,16,19,22,25,27-29,31-44,46-49,51,53-76,80H2,1-2H3,(H,83,84)/b8-6-,14-12-,17-15-,20-18-,23-21-,26-24-,45-30-,52-50-. The van der Waals surface area contributed by atoms with E-state index >= 15 is 0 Å². The zero-order valence-electron chi connectivity index (χ0n) is 58.2. The lowest BCUT2D eigenvalue weighted by molar-refractivity contribution is -0.161. The number of ether oxygens (including phenoxy) is 2. The molecule has 89 heavy (non-hydrogen) atoms. The van der Waals surface area contributed by atoms with E-state index in [1.807, 2.05) is 0 Å². The monoisotopic (exact) mass is 1260 g/mol. The summed E-state index contributed by atoms with van der Waals surface area (Å²) in [5.74, 6) is -0.827. The van der Waals surface area contributed by atoms with Crippen molar-refractivity contribution < 1.29 is 37.6 Å². The highest BCUT2D eigenvalue weighted by Crippen LogP contribution is 2.43. The topological polar surface area (TPSA) is 134 Å². The van der Waals surface area contributed by atoms with Crippen LogP contribution in [0.1, 0.15) is 361 Å². The molecular weight excluding hydrogens is 1120 g/mol. The predicted molar refractivity (Wildman–Crippen MR) is 385 cm³/mol. The molecule has 0 aliphatic heterocycles. The summed E-state index contributed by atoms with van der Waals surface area (Å²) >= 11 is 0. The van der Waals surface area contributed by atoms with Crippen molar-refractivity contribution in [2.75, 3.05) is 26.4 Å². The second-order valence-corrected chi connectivity index (χ2v) is 26.6. The Morgan fingerprint density at radius 2 is 0.618 bits per heavy atom. The average molecular weight is 1260 g/mol. The number of phosphoric acid groups is 1. The molecule has 0 bridgehead atoms. The zero-order chi connectivity index (χ0) is 64.4. The maximum atomic E-state index is 12.8. The average Bonchev–Trinajstić information content (AvgIpc) is 3.64. The van der Waals surface area contributed by atoms with E-state index in [0.29, 0.717) is 6.42 Å². The van der Waals surface area contributed by atoms with Gasteiger partial charge in [0.2, 0.25) is 0 Å². The minimum atomic E-state index is -4.40. The van der Waals surface area contributed by atoms with Crippen molar-refractivity contribution in [3.8, 4) is 0 Å². The van der Waals surface area contributed by atoms with Gasteiger partial charge in [0.15, 0.2) is 6.10 Å². The number of carbonyl (C=O) groups is 2. The minimum Gasteiger partial charge on any atom is -0.462 e. The van der Waals surface area contributed by atoms with Crippen LogP contribution in [0.25, 0.3) is 0 Å². The van der Waals surface area contributed by atoms with Crippen LogP contribution in [0.3, 0.4) is 0 Å². The van der Waals surface area contributed by atoms with E-state index in [0.717, 1.165) is 89.9 Å². The van der Waals surface area contributed by atoms with Gasteiger partial charge in [-0.25, -0.2) is 4.57 Å². The van der Waals surface area contributed by atoms with Gasteiger partial charge in [-0.1, -0.05) is 349 Å². The van der Waals surface area contributed by atoms with Gasteiger partial charge in [0.1, 0.15) is 6.61 Å². The van der Waals surface area contributed by atoms with Crippen molar-refractivity contribution >= 4 is 19.8 Å². The van der Waals surface area contributed by atoms with Crippen LogP contribution in [0, 0.1) is 0 Å². The molecule has 0 aliphatic carbocycles. The van der Waals surface area contributed by atoms with Gasteiger partial charge in [0, 0.05) is 19.4 Å². The van der Waals surface area contributed by atoms with E-state index < -0.39 is 26.5 Å². The second-order valence-electron chi connectivity index (χ2n) is 25.1. The third-order valence-electron chi connectivity index (χ3n) is 16.5. The van der Waals surface area contributed by atoms with Gasteiger partial charge >= 0.3 is 19.8 Å². The largest absolute Gasteiger partial charge is 0.472 e. The van der Waals surface area contributed by atoms with Gasteiger partial charge in [-0.05, 0) is 96.3 Å². The molecule has 10 heteroatoms. The summed E-state index contributed by atoms with van der Waals surface area (Å²) in [7, 11) is -4.40. The van der Waals surface area contributed by atoms with E-state index in [1.54, 1.807) is 0 Å². The Balaban J connectivity index is 3.79. The fourth-order valence-corrected chi connectivity index (χ4v) is 11.7. The van der Waals surface area contributed by atoms with E-state index in [-0.39, 0.29) is 38.6 Å². The van der Waals surface area contributed by atoms with Crippen LogP contribution >= 0.6 is 7.82 Å². The first kappa shape index (κ1) is 85.9. The molecule has 0 saturated carbocycles. The Morgan fingerprint density at radius 1 is 0.348 bits per heavy atom. The Bertz CT molecular complexity index is 1780. The van der Waals surface area contributed by atoms with E-state index in [2.05, 4.69) is 111 Å². The molecule has 0 aromatic rings. The number of carbonyl (C=O) groups excluding carboxylic acids is 2. The summed E-state index contributed by atoms with van der Waals surface area (Å²) in [6, 6.07) is 0. The van der Waals surface area contributed by atoms with Crippen molar-refractivity contribution in [1.29, 1.82) is 0 Å². The first-order chi connectivity index (χ1) is 43.8. The molecule has 516 valence electrons. The Labute approximate surface area is 550 Å². The van der Waals surface area contributed by atoms with Crippen molar-refractivity contribution in [3.05, 3.63) is 97.2 Å². The molecular formula is C79H142NO8P. The number of esters is 2. The summed E-state index contributed by atoms with van der Waals surface area (Å²) in [6.07, 6.45) is 101. The van der Waals surface area contributed by atoms with E-state index in [9.17, 15) is 19.0 Å². The molecule has 3 N–H and O–H groups in total. The highest BCUT2D eigenvalue weighted by atomic mass is 31.2. The molecule has 0 spiro atoms. The third-order valence-corrected chi connectivity index (χ3v) is 17.4. The number of allylic oxidation sites excluding steroid dienone is 16. The summed E-state index contributed by atoms with van der Waals surface area (Å²) in [5, 5.41) is 0. The maximum Gasteiger partial charge on any atom is 0.472 e. The van der Waals surface area contributed by atoms with Crippen molar-refractivity contribution in [3.63, 3.8) is 0 Å². The number of hydrogen-bond donors (Lipinski definition) is 2. The molecule has 0 radical (unpaired) electrons. The molecule has 2 unspecified atom stereocenters. The molecule has 0 aliphatic rings. The van der Waals surface area contributed by atoms with Gasteiger partial charge in [-0.15, -0.1) is 0 Å². The highest BCUT2D eigenvalue weighted by Gasteiger charge is 2.26. The summed E-state index contributed by atoms with van der Waals surface area (Å²) in [6.45, 7) is 3.65. The summed E-state index contributed by atoms with van der Waals surface area (Å²) < 4.78 is 33.2. The Kier molecular flexibility index (Phi) is 71.4. The summed E-state index contributed by atoms with van der Waals surface area (Å²) in [4.78, 5) is 35.4. The predicted octanol–water partition coefficient (Wildman–Crippen LogP) is 25.1.